The second-order valence-electron chi connectivity index (χ2n) is 2.58. The average Bonchev–Trinajstić information content (AvgIpc) is 2.05. The van der Waals surface area contributed by atoms with Gasteiger partial charge in [0.05, 0.1) is 6.10 Å². The van der Waals surface area contributed by atoms with Crippen molar-refractivity contribution in [2.45, 2.75) is 19.4 Å². The summed E-state index contributed by atoms with van der Waals surface area (Å²) in [6.07, 6.45) is 3.20. The predicted octanol–water partition coefficient (Wildman–Crippen LogP) is 0.891. The van der Waals surface area contributed by atoms with Gasteiger partial charge < -0.3 is 10.1 Å². The number of nitrogens with one attached hydrogen (secondary N) is 1. The van der Waals surface area contributed by atoms with Crippen molar-refractivity contribution in [3.63, 3.8) is 0 Å². The Morgan fingerprint density at radius 3 is 2.75 bits per heavy atom. The van der Waals surface area contributed by atoms with E-state index >= 15 is 0 Å². The molecular weight excluding hydrogens is 174 g/mol. The van der Waals surface area contributed by atoms with Crippen LogP contribution >= 0.6 is 11.8 Å². The topological polar surface area (TPSA) is 38.3 Å². The SMILES string of the molecule is COC(CCSC)CNC(C)=O. The number of carbonyl (C=O) groups excluding carboxylic acids is 1. The van der Waals surface area contributed by atoms with Crippen LogP contribution in [0.25, 0.3) is 0 Å². The summed E-state index contributed by atoms with van der Waals surface area (Å²) in [6, 6.07) is 0. The Bertz CT molecular complexity index is 130. The number of methoxy groups -OCH3 is 1. The summed E-state index contributed by atoms with van der Waals surface area (Å²) in [5.41, 5.74) is 0. The van der Waals surface area contributed by atoms with Gasteiger partial charge in [-0.3, -0.25) is 4.79 Å². The summed E-state index contributed by atoms with van der Waals surface area (Å²) in [6.45, 7) is 2.13. The quantitative estimate of drug-likeness (QED) is 0.677. The number of rotatable bonds is 6. The molecule has 3 nitrogen and oxygen atoms in total. The molecule has 0 saturated heterocycles. The largest absolute Gasteiger partial charge is 0.380 e. The predicted molar refractivity (Wildman–Crippen MR) is 52.5 cm³/mol. The number of carbonyl (C=O) groups is 1. The molecule has 0 aromatic carbocycles. The van der Waals surface area contributed by atoms with Gasteiger partial charge in [-0.1, -0.05) is 0 Å². The van der Waals surface area contributed by atoms with E-state index in [9.17, 15) is 4.79 Å². The zero-order valence-corrected chi connectivity index (χ0v) is 8.74. The zero-order chi connectivity index (χ0) is 9.40. The van der Waals surface area contributed by atoms with Crippen LogP contribution < -0.4 is 5.32 Å². The fraction of sp³-hybridized carbons (Fsp3) is 0.875. The maximum absolute atomic E-state index is 10.6. The molecule has 0 aromatic rings. The first-order valence-corrected chi connectivity index (χ1v) is 5.36. The lowest BCUT2D eigenvalue weighted by Gasteiger charge is -2.14. The molecule has 0 radical (unpaired) electrons. The molecule has 12 heavy (non-hydrogen) atoms. The van der Waals surface area contributed by atoms with E-state index in [-0.39, 0.29) is 12.0 Å². The Morgan fingerprint density at radius 1 is 1.67 bits per heavy atom. The molecule has 0 aliphatic carbocycles. The van der Waals surface area contributed by atoms with Crippen LogP contribution in [0.2, 0.25) is 0 Å². The van der Waals surface area contributed by atoms with Gasteiger partial charge in [0.25, 0.3) is 0 Å². The second kappa shape index (κ2) is 7.43. The van der Waals surface area contributed by atoms with Gasteiger partial charge in [0, 0.05) is 20.6 Å². The first-order valence-electron chi connectivity index (χ1n) is 3.97. The highest BCUT2D eigenvalue weighted by Gasteiger charge is 2.06. The molecule has 0 saturated carbocycles. The monoisotopic (exact) mass is 191 g/mol. The molecule has 1 amide bonds. The van der Waals surface area contributed by atoms with Crippen LogP contribution in [0.1, 0.15) is 13.3 Å². The van der Waals surface area contributed by atoms with Crippen molar-refractivity contribution in [3.05, 3.63) is 0 Å². The van der Waals surface area contributed by atoms with E-state index in [0.717, 1.165) is 12.2 Å². The summed E-state index contributed by atoms with van der Waals surface area (Å²) in [7, 11) is 1.67. The van der Waals surface area contributed by atoms with Crippen molar-refractivity contribution in [3.8, 4) is 0 Å². The molecule has 1 N–H and O–H groups in total. The molecule has 1 unspecified atom stereocenters. The van der Waals surface area contributed by atoms with Gasteiger partial charge in [-0.25, -0.2) is 0 Å². The molecule has 0 heterocycles. The molecule has 0 aliphatic heterocycles. The summed E-state index contributed by atoms with van der Waals surface area (Å²) in [5.74, 6) is 1.07. The Balaban J connectivity index is 3.45. The van der Waals surface area contributed by atoms with Gasteiger partial charge in [0.15, 0.2) is 0 Å². The molecule has 0 bridgehead atoms. The van der Waals surface area contributed by atoms with Crippen molar-refractivity contribution in [1.29, 1.82) is 0 Å². The number of amides is 1. The minimum absolute atomic E-state index is 0.00111. The Morgan fingerprint density at radius 2 is 2.33 bits per heavy atom. The fourth-order valence-corrected chi connectivity index (χ4v) is 1.31. The number of ether oxygens (including phenoxy) is 1. The number of thioether (sulfide) groups is 1. The minimum Gasteiger partial charge on any atom is -0.380 e. The van der Waals surface area contributed by atoms with E-state index in [1.807, 2.05) is 0 Å². The van der Waals surface area contributed by atoms with Crippen LogP contribution in [-0.2, 0) is 9.53 Å². The Kier molecular flexibility index (Phi) is 7.29. The van der Waals surface area contributed by atoms with Crippen molar-refractivity contribution >= 4 is 17.7 Å². The maximum Gasteiger partial charge on any atom is 0.216 e. The van der Waals surface area contributed by atoms with E-state index in [0.29, 0.717) is 6.54 Å². The first-order chi connectivity index (χ1) is 5.70. The van der Waals surface area contributed by atoms with Crippen LogP contribution in [0.5, 0.6) is 0 Å². The Hall–Kier alpha value is -0.220. The molecule has 0 aromatic heterocycles. The molecule has 0 spiro atoms. The standard InChI is InChI=1S/C8H17NO2S/c1-7(10)9-6-8(11-2)4-5-12-3/h8H,4-6H2,1-3H3,(H,9,10). The van der Waals surface area contributed by atoms with Crippen LogP contribution in [0.15, 0.2) is 0 Å². The van der Waals surface area contributed by atoms with Gasteiger partial charge in [0.2, 0.25) is 5.91 Å². The average molecular weight is 191 g/mol. The summed E-state index contributed by atoms with van der Waals surface area (Å²) >= 11 is 1.79. The van der Waals surface area contributed by atoms with Gasteiger partial charge >= 0.3 is 0 Å². The zero-order valence-electron chi connectivity index (χ0n) is 7.92. The molecule has 1 atom stereocenters. The van der Waals surface area contributed by atoms with Crippen molar-refractivity contribution < 1.29 is 9.53 Å². The van der Waals surface area contributed by atoms with Gasteiger partial charge in [-0.15, -0.1) is 0 Å². The summed E-state index contributed by atoms with van der Waals surface area (Å²) < 4.78 is 5.17. The van der Waals surface area contributed by atoms with Crippen LogP contribution in [-0.4, -0.2) is 37.7 Å². The molecule has 0 fully saturated rings. The lowest BCUT2D eigenvalue weighted by Crippen LogP contribution is -2.31. The lowest BCUT2D eigenvalue weighted by molar-refractivity contribution is -0.119. The van der Waals surface area contributed by atoms with Crippen LogP contribution in [0.4, 0.5) is 0 Å². The molecule has 72 valence electrons. The summed E-state index contributed by atoms with van der Waals surface area (Å²) in [4.78, 5) is 10.6. The molecule has 0 aliphatic rings. The molecule has 0 rings (SSSR count). The van der Waals surface area contributed by atoms with E-state index in [1.165, 1.54) is 6.92 Å². The van der Waals surface area contributed by atoms with Gasteiger partial charge in [-0.2, -0.15) is 11.8 Å². The highest BCUT2D eigenvalue weighted by Crippen LogP contribution is 2.02. The van der Waals surface area contributed by atoms with E-state index in [1.54, 1.807) is 18.9 Å². The summed E-state index contributed by atoms with van der Waals surface area (Å²) in [5, 5.41) is 2.73. The Labute approximate surface area is 78.2 Å². The van der Waals surface area contributed by atoms with Crippen molar-refractivity contribution in [2.75, 3.05) is 25.7 Å². The lowest BCUT2D eigenvalue weighted by atomic mass is 10.3. The highest BCUT2D eigenvalue weighted by molar-refractivity contribution is 7.98. The molecule has 4 heteroatoms. The molecular formula is C8H17NO2S. The fourth-order valence-electron chi connectivity index (χ4n) is 0.810. The van der Waals surface area contributed by atoms with Crippen molar-refractivity contribution in [1.82, 2.24) is 5.32 Å². The number of hydrogen-bond acceptors (Lipinski definition) is 3. The van der Waals surface area contributed by atoms with Crippen LogP contribution in [0, 0.1) is 0 Å². The van der Waals surface area contributed by atoms with E-state index in [4.69, 9.17) is 4.74 Å². The third kappa shape index (κ3) is 6.49. The smallest absolute Gasteiger partial charge is 0.216 e. The van der Waals surface area contributed by atoms with Crippen molar-refractivity contribution in [2.24, 2.45) is 0 Å². The second-order valence-corrected chi connectivity index (χ2v) is 3.56. The third-order valence-electron chi connectivity index (χ3n) is 1.56. The van der Waals surface area contributed by atoms with Gasteiger partial charge in [0.1, 0.15) is 0 Å². The van der Waals surface area contributed by atoms with E-state index in [2.05, 4.69) is 11.6 Å². The van der Waals surface area contributed by atoms with Crippen LogP contribution in [0.3, 0.4) is 0 Å². The minimum atomic E-state index is 0.00111. The third-order valence-corrected chi connectivity index (χ3v) is 2.20. The normalized spacial score (nSPS) is 12.6. The maximum atomic E-state index is 10.6. The first kappa shape index (κ1) is 11.8. The van der Waals surface area contributed by atoms with Gasteiger partial charge in [-0.05, 0) is 18.4 Å². The van der Waals surface area contributed by atoms with E-state index < -0.39 is 0 Å². The number of hydrogen-bond donors (Lipinski definition) is 1. The highest BCUT2D eigenvalue weighted by atomic mass is 32.2.